The molecule has 0 heterocycles. The van der Waals surface area contributed by atoms with Crippen LogP contribution in [0.1, 0.15) is 33.6 Å². The lowest BCUT2D eigenvalue weighted by Gasteiger charge is -2.22. The third kappa shape index (κ3) is 8.22. The van der Waals surface area contributed by atoms with E-state index in [1.165, 1.54) is 0 Å². The van der Waals surface area contributed by atoms with Crippen molar-refractivity contribution in [1.29, 1.82) is 0 Å². The standard InChI is InChI=1S/C22H28N4O4/c1-22(2,3)26-21(30)25-18(20(28)29)13-14-19(27)24-17-11-9-16(10-12-17)23-15-7-5-4-6-8-15/h4-12,18,23H,13-14H2,1-3H3,(H,24,27)(H,28,29)(H2,25,26,30)/t18-/m0/s1. The molecule has 0 aliphatic carbocycles. The molecule has 0 spiro atoms. The fraction of sp³-hybridized carbons (Fsp3) is 0.318. The lowest BCUT2D eigenvalue weighted by molar-refractivity contribution is -0.139. The maximum Gasteiger partial charge on any atom is 0.326 e. The summed E-state index contributed by atoms with van der Waals surface area (Å²) in [6.07, 6.45) is -0.0663. The molecule has 0 saturated carbocycles. The first-order chi connectivity index (χ1) is 14.1. The molecule has 0 saturated heterocycles. The highest BCUT2D eigenvalue weighted by Gasteiger charge is 2.23. The van der Waals surface area contributed by atoms with Crippen molar-refractivity contribution in [1.82, 2.24) is 10.6 Å². The molecule has 30 heavy (non-hydrogen) atoms. The van der Waals surface area contributed by atoms with Crippen molar-refractivity contribution >= 4 is 35.0 Å². The van der Waals surface area contributed by atoms with Gasteiger partial charge in [-0.3, -0.25) is 4.79 Å². The number of carboxylic acids is 1. The molecule has 8 nitrogen and oxygen atoms in total. The van der Waals surface area contributed by atoms with Crippen molar-refractivity contribution < 1.29 is 19.5 Å². The van der Waals surface area contributed by atoms with Gasteiger partial charge in [0.2, 0.25) is 5.91 Å². The number of carboxylic acid groups (broad SMARTS) is 1. The quantitative estimate of drug-likeness (QED) is 0.453. The van der Waals surface area contributed by atoms with Gasteiger partial charge in [0.05, 0.1) is 0 Å². The van der Waals surface area contributed by atoms with E-state index in [9.17, 15) is 19.5 Å². The number of anilines is 3. The third-order valence-electron chi connectivity index (χ3n) is 3.98. The maximum absolute atomic E-state index is 12.2. The largest absolute Gasteiger partial charge is 0.480 e. The Hall–Kier alpha value is -3.55. The first kappa shape index (κ1) is 22.7. The second kappa shape index (κ2) is 10.3. The van der Waals surface area contributed by atoms with Gasteiger partial charge in [-0.2, -0.15) is 0 Å². The molecule has 0 aliphatic heterocycles. The van der Waals surface area contributed by atoms with Crippen molar-refractivity contribution in [3.8, 4) is 0 Å². The number of urea groups is 1. The molecule has 0 fully saturated rings. The van der Waals surface area contributed by atoms with Crippen LogP contribution in [0, 0.1) is 0 Å². The van der Waals surface area contributed by atoms with E-state index >= 15 is 0 Å². The Labute approximate surface area is 176 Å². The van der Waals surface area contributed by atoms with Crippen LogP contribution in [0.5, 0.6) is 0 Å². The average molecular weight is 412 g/mol. The van der Waals surface area contributed by atoms with Gasteiger partial charge in [0, 0.05) is 29.0 Å². The van der Waals surface area contributed by atoms with E-state index in [1.54, 1.807) is 32.9 Å². The molecule has 2 rings (SSSR count). The van der Waals surface area contributed by atoms with Crippen molar-refractivity contribution in [2.24, 2.45) is 0 Å². The normalized spacial score (nSPS) is 11.8. The Morgan fingerprint density at radius 1 is 0.900 bits per heavy atom. The van der Waals surface area contributed by atoms with Crippen molar-refractivity contribution in [3.63, 3.8) is 0 Å². The summed E-state index contributed by atoms with van der Waals surface area (Å²) in [5, 5.41) is 20.3. The summed E-state index contributed by atoms with van der Waals surface area (Å²) < 4.78 is 0. The number of aliphatic carboxylic acids is 1. The van der Waals surface area contributed by atoms with Crippen molar-refractivity contribution in [3.05, 3.63) is 54.6 Å². The van der Waals surface area contributed by atoms with Gasteiger partial charge in [-0.25, -0.2) is 9.59 Å². The van der Waals surface area contributed by atoms with Gasteiger partial charge in [0.15, 0.2) is 0 Å². The topological polar surface area (TPSA) is 120 Å². The van der Waals surface area contributed by atoms with Gasteiger partial charge < -0.3 is 26.4 Å². The number of hydrogen-bond acceptors (Lipinski definition) is 4. The maximum atomic E-state index is 12.2. The van der Waals surface area contributed by atoms with Crippen LogP contribution < -0.4 is 21.3 Å². The fourth-order valence-corrected chi connectivity index (χ4v) is 2.62. The Bertz CT molecular complexity index is 861. The van der Waals surface area contributed by atoms with E-state index in [2.05, 4.69) is 21.3 Å². The van der Waals surface area contributed by atoms with E-state index in [0.717, 1.165) is 11.4 Å². The van der Waals surface area contributed by atoms with Crippen LogP contribution in [0.3, 0.4) is 0 Å². The lowest BCUT2D eigenvalue weighted by Crippen LogP contribution is -2.51. The van der Waals surface area contributed by atoms with Crippen LogP contribution in [0.15, 0.2) is 54.6 Å². The van der Waals surface area contributed by atoms with E-state index in [1.807, 2.05) is 42.5 Å². The highest BCUT2D eigenvalue weighted by atomic mass is 16.4. The zero-order valence-electron chi connectivity index (χ0n) is 17.4. The molecule has 0 aliphatic rings. The van der Waals surface area contributed by atoms with E-state index < -0.39 is 23.6 Å². The van der Waals surface area contributed by atoms with Gasteiger partial charge >= 0.3 is 12.0 Å². The predicted molar refractivity (Wildman–Crippen MR) is 117 cm³/mol. The summed E-state index contributed by atoms with van der Waals surface area (Å²) in [5.74, 6) is -1.52. The zero-order chi connectivity index (χ0) is 22.1. The van der Waals surface area contributed by atoms with E-state index in [0.29, 0.717) is 5.69 Å². The second-order valence-corrected chi connectivity index (χ2v) is 7.89. The minimum atomic E-state index is -1.19. The molecule has 160 valence electrons. The summed E-state index contributed by atoms with van der Waals surface area (Å²) in [5.41, 5.74) is 1.94. The summed E-state index contributed by atoms with van der Waals surface area (Å²) in [6, 6.07) is 15.1. The molecular formula is C22H28N4O4. The van der Waals surface area contributed by atoms with Crippen molar-refractivity contribution in [2.45, 2.75) is 45.2 Å². The summed E-state index contributed by atoms with van der Waals surface area (Å²) in [4.78, 5) is 35.4. The zero-order valence-corrected chi connectivity index (χ0v) is 17.4. The first-order valence-corrected chi connectivity index (χ1v) is 9.66. The average Bonchev–Trinajstić information content (AvgIpc) is 2.66. The van der Waals surface area contributed by atoms with Gasteiger partial charge in [-0.05, 0) is 63.6 Å². The van der Waals surface area contributed by atoms with Gasteiger partial charge in [-0.1, -0.05) is 18.2 Å². The predicted octanol–water partition coefficient (Wildman–Crippen LogP) is 3.70. The first-order valence-electron chi connectivity index (χ1n) is 9.66. The number of carbonyl (C=O) groups excluding carboxylic acids is 2. The summed E-state index contributed by atoms with van der Waals surface area (Å²) >= 11 is 0. The van der Waals surface area contributed by atoms with E-state index in [4.69, 9.17) is 0 Å². The van der Waals surface area contributed by atoms with Crippen LogP contribution in [-0.2, 0) is 9.59 Å². The Balaban J connectivity index is 1.83. The highest BCUT2D eigenvalue weighted by molar-refractivity contribution is 5.91. The number of amides is 3. The molecule has 8 heteroatoms. The Morgan fingerprint density at radius 2 is 1.47 bits per heavy atom. The lowest BCUT2D eigenvalue weighted by atomic mass is 10.1. The Kier molecular flexibility index (Phi) is 7.80. The SMILES string of the molecule is CC(C)(C)NC(=O)N[C@@H](CCC(=O)Nc1ccc(Nc2ccccc2)cc1)C(=O)O. The molecule has 0 unspecified atom stereocenters. The fourth-order valence-electron chi connectivity index (χ4n) is 2.62. The minimum Gasteiger partial charge on any atom is -0.480 e. The molecule has 1 atom stereocenters. The third-order valence-corrected chi connectivity index (χ3v) is 3.98. The molecule has 2 aromatic carbocycles. The monoisotopic (exact) mass is 412 g/mol. The van der Waals surface area contributed by atoms with Gasteiger partial charge in [-0.15, -0.1) is 0 Å². The van der Waals surface area contributed by atoms with Crippen LogP contribution >= 0.6 is 0 Å². The van der Waals surface area contributed by atoms with Crippen molar-refractivity contribution in [2.75, 3.05) is 10.6 Å². The Morgan fingerprint density at radius 3 is 2.03 bits per heavy atom. The molecule has 0 aromatic heterocycles. The minimum absolute atomic E-state index is 0.0215. The van der Waals surface area contributed by atoms with Gasteiger partial charge in [0.1, 0.15) is 6.04 Å². The highest BCUT2D eigenvalue weighted by Crippen LogP contribution is 2.18. The number of rotatable bonds is 8. The molecule has 2 aromatic rings. The van der Waals surface area contributed by atoms with E-state index in [-0.39, 0.29) is 18.7 Å². The number of nitrogens with one attached hydrogen (secondary N) is 4. The van der Waals surface area contributed by atoms with Crippen LogP contribution in [0.2, 0.25) is 0 Å². The van der Waals surface area contributed by atoms with Crippen LogP contribution in [0.4, 0.5) is 21.9 Å². The van der Waals surface area contributed by atoms with Crippen LogP contribution in [0.25, 0.3) is 0 Å². The molecule has 3 amide bonds. The molecule has 0 bridgehead atoms. The summed E-state index contributed by atoms with van der Waals surface area (Å²) in [6.45, 7) is 5.36. The summed E-state index contributed by atoms with van der Waals surface area (Å²) in [7, 11) is 0. The molecular weight excluding hydrogens is 384 g/mol. The van der Waals surface area contributed by atoms with Gasteiger partial charge in [0.25, 0.3) is 0 Å². The molecule has 0 radical (unpaired) electrons. The smallest absolute Gasteiger partial charge is 0.326 e. The number of benzene rings is 2. The number of para-hydroxylation sites is 1. The van der Waals surface area contributed by atoms with Crippen LogP contribution in [-0.4, -0.2) is 34.6 Å². The number of hydrogen-bond donors (Lipinski definition) is 5. The number of carbonyl (C=O) groups is 3. The molecule has 5 N–H and O–H groups in total. The second-order valence-electron chi connectivity index (χ2n) is 7.89.